The van der Waals surface area contributed by atoms with E-state index in [0.717, 1.165) is 29.4 Å². The maximum Gasteiger partial charge on any atom is 0.230 e. The van der Waals surface area contributed by atoms with Gasteiger partial charge in [-0.25, -0.2) is 0 Å². The number of amides is 1. The minimum absolute atomic E-state index is 0.0646. The van der Waals surface area contributed by atoms with E-state index in [0.29, 0.717) is 29.8 Å². The van der Waals surface area contributed by atoms with Crippen molar-refractivity contribution in [2.24, 2.45) is 0 Å². The lowest BCUT2D eigenvalue weighted by atomic mass is 9.95. The van der Waals surface area contributed by atoms with Crippen molar-refractivity contribution in [3.8, 4) is 11.5 Å². The molecule has 2 aromatic rings. The molecule has 0 bridgehead atoms. The summed E-state index contributed by atoms with van der Waals surface area (Å²) < 4.78 is 13.3. The van der Waals surface area contributed by atoms with Crippen LogP contribution in [0.4, 0.5) is 0 Å². The molecule has 0 atom stereocenters. The summed E-state index contributed by atoms with van der Waals surface area (Å²) in [6.07, 6.45) is 5.87. The molecule has 3 rings (SSSR count). The largest absolute Gasteiger partial charge is 0.493 e. The molecule has 1 heterocycles. The van der Waals surface area contributed by atoms with Crippen LogP contribution in [-0.4, -0.2) is 39.6 Å². The first-order chi connectivity index (χ1) is 14.1. The number of benzene rings is 1. The smallest absolute Gasteiger partial charge is 0.230 e. The second-order valence-electron chi connectivity index (χ2n) is 7.28. The number of carbonyl (C=O) groups excluding carboxylic acids is 1. The van der Waals surface area contributed by atoms with Gasteiger partial charge in [-0.05, 0) is 44.4 Å². The van der Waals surface area contributed by atoms with Crippen molar-refractivity contribution in [2.75, 3.05) is 12.9 Å². The lowest BCUT2D eigenvalue weighted by Gasteiger charge is -2.22. The van der Waals surface area contributed by atoms with Crippen molar-refractivity contribution in [2.45, 2.75) is 70.3 Å². The summed E-state index contributed by atoms with van der Waals surface area (Å²) in [6.45, 7) is 5.04. The maximum atomic E-state index is 12.3. The van der Waals surface area contributed by atoms with Crippen LogP contribution in [-0.2, 0) is 17.9 Å². The normalized spacial score (nSPS) is 14.6. The van der Waals surface area contributed by atoms with Gasteiger partial charge in [0.15, 0.2) is 22.5 Å². The molecule has 1 aromatic heterocycles. The van der Waals surface area contributed by atoms with E-state index in [1.54, 1.807) is 7.11 Å². The average Bonchev–Trinajstić information content (AvgIpc) is 3.13. The van der Waals surface area contributed by atoms with Crippen molar-refractivity contribution < 1.29 is 14.3 Å². The molecule has 158 valence electrons. The summed E-state index contributed by atoms with van der Waals surface area (Å²) in [7, 11) is 1.63. The molecule has 1 saturated carbocycles. The Hall–Kier alpha value is -2.22. The molecule has 1 aromatic carbocycles. The first-order valence-electron chi connectivity index (χ1n) is 10.2. The van der Waals surface area contributed by atoms with Gasteiger partial charge in [0.25, 0.3) is 0 Å². The minimum atomic E-state index is 0.0646. The number of nitrogens with one attached hydrogen (secondary N) is 1. The number of hydrogen-bond donors (Lipinski definition) is 1. The van der Waals surface area contributed by atoms with Crippen molar-refractivity contribution in [1.29, 1.82) is 0 Å². The number of rotatable bonds is 9. The first kappa shape index (κ1) is 21.5. The molecule has 1 fully saturated rings. The number of hydrogen-bond acceptors (Lipinski definition) is 6. The van der Waals surface area contributed by atoms with E-state index >= 15 is 0 Å². The van der Waals surface area contributed by atoms with Gasteiger partial charge in [0.2, 0.25) is 5.91 Å². The van der Waals surface area contributed by atoms with Gasteiger partial charge < -0.3 is 19.4 Å². The summed E-state index contributed by atoms with van der Waals surface area (Å²) >= 11 is 1.42. The van der Waals surface area contributed by atoms with Crippen LogP contribution >= 0.6 is 11.8 Å². The van der Waals surface area contributed by atoms with E-state index in [1.807, 2.05) is 36.6 Å². The highest BCUT2D eigenvalue weighted by Crippen LogP contribution is 2.28. The molecule has 1 aliphatic rings. The molecular weight excluding hydrogens is 388 g/mol. The fourth-order valence-electron chi connectivity index (χ4n) is 3.53. The van der Waals surface area contributed by atoms with Gasteiger partial charge in [0, 0.05) is 12.6 Å². The summed E-state index contributed by atoms with van der Waals surface area (Å²) in [5.74, 6) is 2.51. The Morgan fingerprint density at radius 3 is 2.76 bits per heavy atom. The summed E-state index contributed by atoms with van der Waals surface area (Å²) in [5, 5.41) is 12.4. The lowest BCUT2D eigenvalue weighted by molar-refractivity contribution is -0.119. The van der Waals surface area contributed by atoms with Crippen molar-refractivity contribution in [1.82, 2.24) is 20.1 Å². The zero-order valence-electron chi connectivity index (χ0n) is 17.4. The summed E-state index contributed by atoms with van der Waals surface area (Å²) in [6, 6.07) is 6.14. The van der Waals surface area contributed by atoms with Gasteiger partial charge in [0.1, 0.15) is 6.61 Å². The number of aryl methyl sites for hydroxylation is 1. The quantitative estimate of drug-likeness (QED) is 0.625. The summed E-state index contributed by atoms with van der Waals surface area (Å²) in [5.41, 5.74) is 1.11. The predicted octanol–water partition coefficient (Wildman–Crippen LogP) is 3.74. The number of thioether (sulfide) groups is 1. The van der Waals surface area contributed by atoms with Crippen LogP contribution in [0.3, 0.4) is 0 Å². The number of ether oxygens (including phenoxy) is 2. The molecule has 1 N–H and O–H groups in total. The van der Waals surface area contributed by atoms with Gasteiger partial charge >= 0.3 is 0 Å². The fourth-order valence-corrected chi connectivity index (χ4v) is 4.37. The first-order valence-corrected chi connectivity index (χ1v) is 11.2. The molecule has 0 aliphatic heterocycles. The fraction of sp³-hybridized carbons (Fsp3) is 0.571. The van der Waals surface area contributed by atoms with Crippen molar-refractivity contribution >= 4 is 17.7 Å². The highest BCUT2D eigenvalue weighted by atomic mass is 32.2. The molecule has 0 radical (unpaired) electrons. The van der Waals surface area contributed by atoms with E-state index in [4.69, 9.17) is 9.47 Å². The van der Waals surface area contributed by atoms with Gasteiger partial charge in [-0.1, -0.05) is 37.1 Å². The third-order valence-corrected chi connectivity index (χ3v) is 6.05. The minimum Gasteiger partial charge on any atom is -0.493 e. The number of aromatic nitrogens is 3. The Labute approximate surface area is 176 Å². The van der Waals surface area contributed by atoms with E-state index in [2.05, 4.69) is 15.5 Å². The summed E-state index contributed by atoms with van der Waals surface area (Å²) in [4.78, 5) is 12.3. The predicted molar refractivity (Wildman–Crippen MR) is 113 cm³/mol. The SMILES string of the molecule is CCn1c(COc2ccc(C)cc2OC)nnc1SCC(=O)NC1CCCCC1. The third kappa shape index (κ3) is 5.88. The Kier molecular flexibility index (Phi) is 7.80. The van der Waals surface area contributed by atoms with Gasteiger partial charge in [-0.15, -0.1) is 10.2 Å². The highest BCUT2D eigenvalue weighted by molar-refractivity contribution is 7.99. The van der Waals surface area contributed by atoms with Crippen LogP contribution in [0.1, 0.15) is 50.4 Å². The molecule has 0 spiro atoms. The van der Waals surface area contributed by atoms with Gasteiger partial charge in [0.05, 0.1) is 12.9 Å². The Balaban J connectivity index is 1.56. The van der Waals surface area contributed by atoms with Crippen LogP contribution in [0, 0.1) is 6.92 Å². The second-order valence-corrected chi connectivity index (χ2v) is 8.22. The van der Waals surface area contributed by atoms with Crippen LogP contribution in [0.2, 0.25) is 0 Å². The molecule has 7 nitrogen and oxygen atoms in total. The Bertz CT molecular complexity index is 818. The molecule has 29 heavy (non-hydrogen) atoms. The van der Waals surface area contributed by atoms with E-state index in [1.165, 1.54) is 31.0 Å². The molecule has 8 heteroatoms. The molecule has 0 unspecified atom stereocenters. The second kappa shape index (κ2) is 10.5. The van der Waals surface area contributed by atoms with Crippen LogP contribution in [0.5, 0.6) is 11.5 Å². The van der Waals surface area contributed by atoms with E-state index < -0.39 is 0 Å². The monoisotopic (exact) mass is 418 g/mol. The Morgan fingerprint density at radius 1 is 1.24 bits per heavy atom. The standard InChI is InChI=1S/C21H30N4O3S/c1-4-25-19(13-28-17-11-10-15(2)12-18(17)27-3)23-24-21(25)29-14-20(26)22-16-8-6-5-7-9-16/h10-12,16H,4-9,13-14H2,1-3H3,(H,22,26). The molecule has 1 amide bonds. The number of nitrogens with zero attached hydrogens (tertiary/aromatic N) is 3. The van der Waals surface area contributed by atoms with Gasteiger partial charge in [-0.2, -0.15) is 0 Å². The van der Waals surface area contributed by atoms with E-state index in [-0.39, 0.29) is 12.5 Å². The highest BCUT2D eigenvalue weighted by Gasteiger charge is 2.18. The number of methoxy groups -OCH3 is 1. The zero-order chi connectivity index (χ0) is 20.6. The van der Waals surface area contributed by atoms with Gasteiger partial charge in [-0.3, -0.25) is 4.79 Å². The molecule has 0 saturated heterocycles. The van der Waals surface area contributed by atoms with Crippen LogP contribution in [0.25, 0.3) is 0 Å². The van der Waals surface area contributed by atoms with Crippen LogP contribution < -0.4 is 14.8 Å². The van der Waals surface area contributed by atoms with E-state index in [9.17, 15) is 4.79 Å². The number of carbonyl (C=O) groups is 1. The maximum absolute atomic E-state index is 12.3. The Morgan fingerprint density at radius 2 is 2.03 bits per heavy atom. The topological polar surface area (TPSA) is 78.3 Å². The van der Waals surface area contributed by atoms with Crippen molar-refractivity contribution in [3.05, 3.63) is 29.6 Å². The lowest BCUT2D eigenvalue weighted by Crippen LogP contribution is -2.37. The zero-order valence-corrected chi connectivity index (χ0v) is 18.3. The molecular formula is C21H30N4O3S. The van der Waals surface area contributed by atoms with Crippen LogP contribution in [0.15, 0.2) is 23.4 Å². The third-order valence-electron chi connectivity index (χ3n) is 5.09. The van der Waals surface area contributed by atoms with Crippen molar-refractivity contribution in [3.63, 3.8) is 0 Å². The molecule has 1 aliphatic carbocycles. The average molecular weight is 419 g/mol.